The van der Waals surface area contributed by atoms with Crippen LogP contribution >= 0.6 is 0 Å². The van der Waals surface area contributed by atoms with Crippen molar-refractivity contribution in [3.05, 3.63) is 15.9 Å². The van der Waals surface area contributed by atoms with Gasteiger partial charge in [0, 0.05) is 0 Å². The Hall–Kier alpha value is -1.71. The quantitative estimate of drug-likeness (QED) is 0.373. The number of aromatic nitrogens is 4. The number of hydrogen-bond donors (Lipinski definition) is 1. The zero-order valence-electron chi connectivity index (χ0n) is 5.81. The normalized spacial score (nSPS) is 10.5. The predicted molar refractivity (Wildman–Crippen MR) is 30.0 cm³/mol. The van der Waals surface area contributed by atoms with Crippen LogP contribution in [0.4, 0.5) is 8.78 Å². The van der Waals surface area contributed by atoms with E-state index in [-0.39, 0.29) is 6.15 Å². The van der Waals surface area contributed by atoms with Gasteiger partial charge in [-0.1, -0.05) is 0 Å². The summed E-state index contributed by atoms with van der Waals surface area (Å²) < 4.78 is 24.4. The van der Waals surface area contributed by atoms with Crippen molar-refractivity contribution in [1.82, 2.24) is 26.8 Å². The number of quaternary nitrogens is 1. The Kier molecular flexibility index (Phi) is 2.68. The molecule has 1 aromatic heterocycles. The molecule has 0 amide bonds. The molecule has 0 atom stereocenters. The monoisotopic (exact) mass is 182 g/mol. The zero-order chi connectivity index (χ0) is 8.48. The fourth-order valence-electron chi connectivity index (χ4n) is 0.347. The maximum absolute atomic E-state index is 12.2. The Labute approximate surface area is 63.7 Å². The Morgan fingerprint density at radius 1 is 1.58 bits per heavy atom. The summed E-state index contributed by atoms with van der Waals surface area (Å²) in [6.45, 7) is 0. The van der Waals surface area contributed by atoms with Crippen molar-refractivity contribution in [3.63, 3.8) is 0 Å². The Morgan fingerprint density at radius 2 is 2.17 bits per heavy atom. The van der Waals surface area contributed by atoms with Crippen LogP contribution in [0.25, 0.3) is 0 Å². The largest absolute Gasteiger partial charge is 0.546 e. The molecular weight excluding hydrogens is 178 g/mol. The van der Waals surface area contributed by atoms with Gasteiger partial charge in [0.25, 0.3) is 0 Å². The lowest BCUT2D eigenvalue weighted by Gasteiger charge is -2.04. The molecule has 1 heterocycles. The van der Waals surface area contributed by atoms with Crippen LogP contribution in [0.2, 0.25) is 0 Å². The summed E-state index contributed by atoms with van der Waals surface area (Å²) >= 11 is 0. The highest BCUT2D eigenvalue weighted by atomic mass is 19.3. The standard InChI is InChI=1S/C2F2N5O2.H3N/c3-2(4,9(10)11)1-5-7-8-6-1;/h;1H3/q-1;/p+1. The Morgan fingerprint density at radius 3 is 2.50 bits per heavy atom. The molecule has 0 saturated carbocycles. The van der Waals surface area contributed by atoms with Gasteiger partial charge in [0.05, 0.1) is 0 Å². The summed E-state index contributed by atoms with van der Waals surface area (Å²) in [6, 6.07) is -4.30. The van der Waals surface area contributed by atoms with E-state index in [1.807, 2.05) is 0 Å². The maximum atomic E-state index is 12.2. The number of nitro groups is 1. The molecule has 1 rings (SSSR count). The Balaban J connectivity index is 0.00000121. The Bertz CT molecular complexity index is 259. The second kappa shape index (κ2) is 3.13. The first-order valence-corrected chi connectivity index (χ1v) is 2.26. The number of rotatable bonds is 2. The molecule has 0 aliphatic carbocycles. The van der Waals surface area contributed by atoms with Gasteiger partial charge < -0.3 is 11.2 Å². The third kappa shape index (κ3) is 1.47. The molecule has 12 heavy (non-hydrogen) atoms. The van der Waals surface area contributed by atoms with Gasteiger partial charge in [0.2, 0.25) is 0 Å². The average Bonchev–Trinajstić information content (AvgIpc) is 2.37. The molecule has 0 aliphatic rings. The molecule has 0 saturated heterocycles. The van der Waals surface area contributed by atoms with Crippen LogP contribution < -0.4 is 11.2 Å². The predicted octanol–water partition coefficient (Wildman–Crippen LogP) is -0.469. The summed E-state index contributed by atoms with van der Waals surface area (Å²) in [4.78, 5) is 7.83. The topological polar surface area (TPSA) is 132 Å². The molecule has 4 N–H and O–H groups in total. The molecule has 1 aromatic rings. The lowest BCUT2D eigenvalue weighted by atomic mass is 10.5. The van der Waals surface area contributed by atoms with E-state index < -0.39 is 16.8 Å². The van der Waals surface area contributed by atoms with E-state index in [1.54, 1.807) is 0 Å². The van der Waals surface area contributed by atoms with Gasteiger partial charge in [-0.15, -0.1) is 8.78 Å². The number of nitrogens with zero attached hydrogens (tertiary/aromatic N) is 5. The average molecular weight is 182 g/mol. The van der Waals surface area contributed by atoms with E-state index >= 15 is 0 Å². The van der Waals surface area contributed by atoms with Crippen LogP contribution in [-0.2, 0) is 6.05 Å². The molecule has 0 unspecified atom stereocenters. The number of tetrazole rings is 1. The third-order valence-corrected chi connectivity index (χ3v) is 0.817. The number of halogens is 2. The minimum atomic E-state index is -4.30. The van der Waals surface area contributed by atoms with Crippen LogP contribution in [0, 0.1) is 10.1 Å². The van der Waals surface area contributed by atoms with Crippen LogP contribution in [-0.4, -0.2) is 20.4 Å². The lowest BCUT2D eigenvalue weighted by molar-refractivity contribution is -0.658. The summed E-state index contributed by atoms with van der Waals surface area (Å²) in [5.41, 5.74) is 0. The lowest BCUT2D eigenvalue weighted by Crippen LogP contribution is -2.26. The fraction of sp³-hybridized carbons (Fsp3) is 0.500. The van der Waals surface area contributed by atoms with Crippen molar-refractivity contribution in [2.75, 3.05) is 0 Å². The van der Waals surface area contributed by atoms with Gasteiger partial charge >= 0.3 is 6.05 Å². The summed E-state index contributed by atoms with van der Waals surface area (Å²) in [5.74, 6) is -1.30. The van der Waals surface area contributed by atoms with Crippen molar-refractivity contribution in [1.29, 1.82) is 0 Å². The van der Waals surface area contributed by atoms with Gasteiger partial charge in [-0.05, 0) is 0 Å². The highest BCUT2D eigenvalue weighted by molar-refractivity contribution is 4.81. The van der Waals surface area contributed by atoms with Crippen LogP contribution in [0.5, 0.6) is 0 Å². The highest BCUT2D eigenvalue weighted by Gasteiger charge is 2.46. The molecule has 0 spiro atoms. The van der Waals surface area contributed by atoms with E-state index in [2.05, 4.69) is 20.6 Å². The second-order valence-corrected chi connectivity index (χ2v) is 1.50. The maximum Gasteiger partial charge on any atom is 0.546 e. The zero-order valence-corrected chi connectivity index (χ0v) is 5.81. The summed E-state index contributed by atoms with van der Waals surface area (Å²) in [6.07, 6.45) is 0. The first kappa shape index (κ1) is 10.3. The minimum Gasteiger partial charge on any atom is -0.369 e. The van der Waals surface area contributed by atoms with E-state index in [0.29, 0.717) is 0 Å². The van der Waals surface area contributed by atoms with Gasteiger partial charge in [-0.2, -0.15) is 5.21 Å². The van der Waals surface area contributed by atoms with E-state index in [9.17, 15) is 18.9 Å². The number of alkyl halides is 2. The molecule has 68 valence electrons. The van der Waals surface area contributed by atoms with Crippen molar-refractivity contribution in [2.45, 2.75) is 6.05 Å². The second-order valence-electron chi connectivity index (χ2n) is 1.50. The van der Waals surface area contributed by atoms with E-state index in [0.717, 1.165) is 0 Å². The molecule has 0 bridgehead atoms. The molecule has 0 aliphatic heterocycles. The molecule has 10 heteroatoms. The molecule has 0 radical (unpaired) electrons. The molecule has 0 fully saturated rings. The first-order valence-electron chi connectivity index (χ1n) is 2.26. The smallest absolute Gasteiger partial charge is 0.369 e. The van der Waals surface area contributed by atoms with Crippen molar-refractivity contribution in [2.24, 2.45) is 0 Å². The van der Waals surface area contributed by atoms with Gasteiger partial charge in [0.1, 0.15) is 4.92 Å². The van der Waals surface area contributed by atoms with Crippen molar-refractivity contribution in [3.8, 4) is 0 Å². The molecule has 8 nitrogen and oxygen atoms in total. The van der Waals surface area contributed by atoms with Gasteiger partial charge in [-0.3, -0.25) is 20.4 Å². The van der Waals surface area contributed by atoms with Crippen molar-refractivity contribution >= 4 is 0 Å². The molecular formula is C2H4F2N6O2. The van der Waals surface area contributed by atoms with Crippen LogP contribution in [0.1, 0.15) is 5.82 Å². The van der Waals surface area contributed by atoms with E-state index in [4.69, 9.17) is 0 Å². The third-order valence-electron chi connectivity index (χ3n) is 0.817. The van der Waals surface area contributed by atoms with Gasteiger partial charge in [-0.25, -0.2) is 0 Å². The van der Waals surface area contributed by atoms with Crippen molar-refractivity contribution < 1.29 is 13.7 Å². The van der Waals surface area contributed by atoms with Gasteiger partial charge in [0.15, 0.2) is 5.82 Å². The molecule has 0 aromatic carbocycles. The minimum absolute atomic E-state index is 0. The van der Waals surface area contributed by atoms with Crippen LogP contribution in [0.3, 0.4) is 0 Å². The number of hydrogen-bond acceptors (Lipinski definition) is 5. The SMILES string of the molecule is O=[N+]([O-])C(F)(F)c1nnn[n-]1.[NH4+]. The highest BCUT2D eigenvalue weighted by Crippen LogP contribution is 2.22. The van der Waals surface area contributed by atoms with Crippen LogP contribution in [0.15, 0.2) is 0 Å². The van der Waals surface area contributed by atoms with E-state index in [1.165, 1.54) is 0 Å². The summed E-state index contributed by atoms with van der Waals surface area (Å²) in [7, 11) is 0. The first-order chi connectivity index (χ1) is 5.05. The fourth-order valence-corrected chi connectivity index (χ4v) is 0.347. The summed E-state index contributed by atoms with van der Waals surface area (Å²) in [5, 5.41) is 20.3.